The molecule has 0 aliphatic carbocycles. The molecule has 1 aliphatic heterocycles. The molecule has 0 aromatic heterocycles. The van der Waals surface area contributed by atoms with E-state index in [-0.39, 0.29) is 0 Å². The predicted octanol–water partition coefficient (Wildman–Crippen LogP) is 3.62. The lowest BCUT2D eigenvalue weighted by atomic mass is 10.1. The summed E-state index contributed by atoms with van der Waals surface area (Å²) in [6.07, 6.45) is 1.53. The zero-order chi connectivity index (χ0) is 13.2. The number of nitrogens with one attached hydrogen (secondary N) is 2. The third-order valence-electron chi connectivity index (χ3n) is 2.67. The normalized spacial score (nSPS) is 14.7. The van der Waals surface area contributed by atoms with Crippen LogP contribution in [0.2, 0.25) is 0 Å². The molecule has 0 atom stereocenters. The largest absolute Gasteiger partial charge is 0.262 e. The van der Waals surface area contributed by atoms with Crippen LogP contribution in [0.3, 0.4) is 0 Å². The topological polar surface area (TPSA) is 39.7 Å². The number of benzene rings is 2. The van der Waals surface area contributed by atoms with Crippen molar-refractivity contribution in [3.05, 3.63) is 53.7 Å². The quantitative estimate of drug-likeness (QED) is 0.831. The maximum Gasteiger partial charge on any atom is 0.156 e. The molecule has 0 unspecified atom stereocenters. The predicted molar refractivity (Wildman–Crippen MR) is 79.8 cm³/mol. The number of hydrazone groups is 1. The molecule has 0 bridgehead atoms. The van der Waals surface area contributed by atoms with E-state index >= 15 is 0 Å². The molecular weight excluding hydrogens is 283 g/mol. The Labute approximate surface area is 120 Å². The van der Waals surface area contributed by atoms with Gasteiger partial charge in [0.2, 0.25) is 0 Å². The van der Waals surface area contributed by atoms with E-state index in [1.54, 1.807) is 0 Å². The van der Waals surface area contributed by atoms with Gasteiger partial charge in [0.25, 0.3) is 0 Å². The minimum absolute atomic E-state index is 0.302. The first-order chi connectivity index (χ1) is 9.22. The number of hydrogen-bond donors (Lipinski definition) is 2. The van der Waals surface area contributed by atoms with E-state index in [2.05, 4.69) is 16.0 Å². The second kappa shape index (κ2) is 4.99. The van der Waals surface area contributed by atoms with Gasteiger partial charge in [-0.3, -0.25) is 10.9 Å². The van der Waals surface area contributed by atoms with Crippen LogP contribution in [0, 0.1) is 0 Å². The summed E-state index contributed by atoms with van der Waals surface area (Å²) in [6.45, 7) is 0. The summed E-state index contributed by atoms with van der Waals surface area (Å²) in [5, 5.41) is 8.37. The molecule has 96 valence electrons. The van der Waals surface area contributed by atoms with E-state index in [9.17, 15) is 0 Å². The minimum atomic E-state index is 0.302. The van der Waals surface area contributed by atoms with Crippen LogP contribution in [0.4, 0.5) is 5.69 Å². The highest BCUT2D eigenvalue weighted by atomic mass is 35.5. The van der Waals surface area contributed by atoms with Gasteiger partial charge in [-0.15, -0.1) is 10.3 Å². The molecule has 1 aliphatic rings. The van der Waals surface area contributed by atoms with Crippen LogP contribution in [0.1, 0.15) is 0 Å². The van der Waals surface area contributed by atoms with E-state index in [4.69, 9.17) is 23.2 Å². The number of hydrogen-bond acceptors (Lipinski definition) is 4. The van der Waals surface area contributed by atoms with Gasteiger partial charge >= 0.3 is 0 Å². The van der Waals surface area contributed by atoms with Crippen molar-refractivity contribution in [3.63, 3.8) is 0 Å². The lowest BCUT2D eigenvalue weighted by Gasteiger charge is -2.25. The highest BCUT2D eigenvalue weighted by Gasteiger charge is 2.11. The number of anilines is 1. The van der Waals surface area contributed by atoms with E-state index in [1.165, 1.54) is 11.3 Å². The number of rotatable bonds is 2. The molecule has 6 heteroatoms. The Hall–Kier alpha value is -1.91. The fourth-order valence-electron chi connectivity index (χ4n) is 1.88. The third kappa shape index (κ3) is 2.59. The van der Waals surface area contributed by atoms with E-state index in [0.717, 1.165) is 16.5 Å². The van der Waals surface area contributed by atoms with E-state index in [0.29, 0.717) is 10.3 Å². The van der Waals surface area contributed by atoms with Gasteiger partial charge in [-0.1, -0.05) is 59.6 Å². The number of fused-ring (bicyclic) bond motifs is 1. The molecule has 0 saturated carbocycles. The Morgan fingerprint density at radius 3 is 2.68 bits per heavy atom. The van der Waals surface area contributed by atoms with Gasteiger partial charge in [0.15, 0.2) is 5.17 Å². The van der Waals surface area contributed by atoms with Crippen LogP contribution in [-0.2, 0) is 0 Å². The highest BCUT2D eigenvalue weighted by molar-refractivity contribution is 6.69. The number of allylic oxidation sites excluding steroid dienone is 1. The van der Waals surface area contributed by atoms with Gasteiger partial charge in [-0.25, -0.2) is 0 Å². The summed E-state index contributed by atoms with van der Waals surface area (Å²) in [6, 6.07) is 14.0. The molecule has 0 fully saturated rings. The summed E-state index contributed by atoms with van der Waals surface area (Å²) in [7, 11) is 0. The smallest absolute Gasteiger partial charge is 0.156 e. The molecule has 4 nitrogen and oxygen atoms in total. The summed E-state index contributed by atoms with van der Waals surface area (Å²) in [5.74, 6) is 0. The SMILES string of the molecule is ClC1=CC(Cl)=NN(Nc2cccc3ccccc23)N1. The first-order valence-corrected chi connectivity index (χ1v) is 6.40. The van der Waals surface area contributed by atoms with Gasteiger partial charge in [0.05, 0.1) is 5.69 Å². The molecule has 2 aromatic rings. The van der Waals surface area contributed by atoms with Gasteiger partial charge in [-0.05, 0) is 11.5 Å². The Morgan fingerprint density at radius 1 is 1.05 bits per heavy atom. The fraction of sp³-hybridized carbons (Fsp3) is 0. The first-order valence-electron chi connectivity index (χ1n) is 5.65. The minimum Gasteiger partial charge on any atom is -0.262 e. The fourth-order valence-corrected chi connectivity index (χ4v) is 2.30. The standard InChI is InChI=1S/C13H10Cl2N4/c14-12-8-13(15)18-19(17-12)16-11-7-3-5-9-4-1-2-6-10(9)11/h1-8,16-17H. The van der Waals surface area contributed by atoms with Crippen LogP contribution >= 0.6 is 23.2 Å². The average Bonchev–Trinajstić information content (AvgIpc) is 2.38. The molecule has 0 saturated heterocycles. The van der Waals surface area contributed by atoms with Gasteiger partial charge in [0, 0.05) is 11.5 Å². The number of halogens is 2. The van der Waals surface area contributed by atoms with Crippen LogP contribution in [-0.4, -0.2) is 10.4 Å². The van der Waals surface area contributed by atoms with Crippen LogP contribution in [0.15, 0.2) is 58.8 Å². The zero-order valence-electron chi connectivity index (χ0n) is 9.77. The summed E-state index contributed by atoms with van der Waals surface area (Å²) in [4.78, 5) is 0. The van der Waals surface area contributed by atoms with Crippen molar-refractivity contribution in [2.24, 2.45) is 5.10 Å². The molecule has 2 N–H and O–H groups in total. The Balaban J connectivity index is 1.92. The molecule has 3 rings (SSSR count). The Bertz CT molecular complexity index is 676. The van der Waals surface area contributed by atoms with Crippen molar-refractivity contribution in [1.29, 1.82) is 0 Å². The van der Waals surface area contributed by atoms with Gasteiger partial charge in [-0.2, -0.15) is 0 Å². The Morgan fingerprint density at radius 2 is 1.84 bits per heavy atom. The molecule has 19 heavy (non-hydrogen) atoms. The zero-order valence-corrected chi connectivity index (χ0v) is 11.3. The van der Waals surface area contributed by atoms with Crippen LogP contribution < -0.4 is 10.9 Å². The van der Waals surface area contributed by atoms with Crippen molar-refractivity contribution in [2.45, 2.75) is 0 Å². The summed E-state index contributed by atoms with van der Waals surface area (Å²) < 4.78 is 0. The maximum atomic E-state index is 5.89. The monoisotopic (exact) mass is 292 g/mol. The second-order valence-corrected chi connectivity index (χ2v) is 4.77. The van der Waals surface area contributed by atoms with Crippen molar-refractivity contribution in [2.75, 3.05) is 5.43 Å². The molecule has 1 heterocycles. The lowest BCUT2D eigenvalue weighted by Crippen LogP contribution is -2.39. The Kier molecular flexibility index (Phi) is 3.19. The second-order valence-electron chi connectivity index (χ2n) is 3.98. The summed E-state index contributed by atoms with van der Waals surface area (Å²) in [5.41, 5.74) is 6.85. The van der Waals surface area contributed by atoms with Gasteiger partial charge in [0.1, 0.15) is 5.16 Å². The maximum absolute atomic E-state index is 5.89. The van der Waals surface area contributed by atoms with Crippen LogP contribution in [0.5, 0.6) is 0 Å². The lowest BCUT2D eigenvalue weighted by molar-refractivity contribution is 0.280. The van der Waals surface area contributed by atoms with Crippen molar-refractivity contribution in [3.8, 4) is 0 Å². The molecular formula is C13H10Cl2N4. The summed E-state index contributed by atoms with van der Waals surface area (Å²) >= 11 is 11.8. The number of nitrogens with zero attached hydrogens (tertiary/aromatic N) is 2. The van der Waals surface area contributed by atoms with Crippen LogP contribution in [0.25, 0.3) is 10.8 Å². The molecule has 2 aromatic carbocycles. The highest BCUT2D eigenvalue weighted by Crippen LogP contribution is 2.23. The van der Waals surface area contributed by atoms with Crippen molar-refractivity contribution >= 4 is 44.8 Å². The first kappa shape index (κ1) is 12.1. The average molecular weight is 293 g/mol. The third-order valence-corrected chi connectivity index (χ3v) is 3.05. The van der Waals surface area contributed by atoms with Gasteiger partial charge < -0.3 is 0 Å². The van der Waals surface area contributed by atoms with Crippen molar-refractivity contribution in [1.82, 2.24) is 10.7 Å². The molecule has 0 amide bonds. The van der Waals surface area contributed by atoms with E-state index in [1.807, 2.05) is 42.5 Å². The molecule has 0 radical (unpaired) electrons. The molecule has 0 spiro atoms. The van der Waals surface area contributed by atoms with Crippen molar-refractivity contribution < 1.29 is 0 Å². The van der Waals surface area contributed by atoms with E-state index < -0.39 is 0 Å². The number of hydrazine groups is 2.